The maximum absolute atomic E-state index is 13.5. The normalized spacial score (nSPS) is 12.0. The Morgan fingerprint density at radius 3 is 2.65 bits per heavy atom. The number of unbranched alkanes of at least 4 members (excludes halogenated alkanes) is 3. The summed E-state index contributed by atoms with van der Waals surface area (Å²) in [6, 6.07) is 9.97. The first-order valence-electron chi connectivity index (χ1n) is 11.2. The first-order valence-corrected chi connectivity index (χ1v) is 11.5. The van der Waals surface area contributed by atoms with Gasteiger partial charge in [0.25, 0.3) is 17.2 Å². The number of hydrogen-bond donors (Lipinski definition) is 1. The zero-order chi connectivity index (χ0) is 24.8. The van der Waals surface area contributed by atoms with E-state index >= 15 is 0 Å². The monoisotopic (exact) mass is 485 g/mol. The lowest BCUT2D eigenvalue weighted by molar-refractivity contribution is -0.384. The average molecular weight is 486 g/mol. The highest BCUT2D eigenvalue weighted by atomic mass is 35.5. The van der Waals surface area contributed by atoms with Gasteiger partial charge < -0.3 is 10.6 Å². The van der Waals surface area contributed by atoms with Crippen LogP contribution in [0.1, 0.15) is 54.8 Å². The molecule has 0 aliphatic carbocycles. The van der Waals surface area contributed by atoms with E-state index in [4.69, 9.17) is 17.3 Å². The van der Waals surface area contributed by atoms with Gasteiger partial charge in [0.2, 0.25) is 0 Å². The summed E-state index contributed by atoms with van der Waals surface area (Å²) in [7, 11) is 1.62. The third kappa shape index (κ3) is 5.60. The Labute approximate surface area is 202 Å². The molecule has 0 aliphatic rings. The van der Waals surface area contributed by atoms with Gasteiger partial charge in [-0.25, -0.2) is 4.98 Å². The van der Waals surface area contributed by atoms with Gasteiger partial charge >= 0.3 is 0 Å². The van der Waals surface area contributed by atoms with Crippen LogP contribution < -0.4 is 11.3 Å². The maximum Gasteiger partial charge on any atom is 0.270 e. The van der Waals surface area contributed by atoms with Crippen molar-refractivity contribution in [3.05, 3.63) is 79.3 Å². The van der Waals surface area contributed by atoms with Gasteiger partial charge in [0, 0.05) is 36.3 Å². The number of halogens is 1. The van der Waals surface area contributed by atoms with Gasteiger partial charge in [-0.1, -0.05) is 30.5 Å². The molecular formula is C24H28ClN5O4. The molecule has 0 bridgehead atoms. The number of non-ortho nitro benzene ring substituents is 1. The fourth-order valence-corrected chi connectivity index (χ4v) is 4.11. The highest BCUT2D eigenvalue weighted by Crippen LogP contribution is 2.25. The molecule has 2 aromatic carbocycles. The third-order valence-corrected chi connectivity index (χ3v) is 6.07. The van der Waals surface area contributed by atoms with Crippen LogP contribution in [0, 0.1) is 10.1 Å². The number of amides is 1. The molecule has 1 heterocycles. The van der Waals surface area contributed by atoms with Crippen LogP contribution in [0.15, 0.2) is 47.3 Å². The predicted octanol–water partition coefficient (Wildman–Crippen LogP) is 4.22. The van der Waals surface area contributed by atoms with Crippen molar-refractivity contribution < 1.29 is 9.72 Å². The Kier molecular flexibility index (Phi) is 8.36. The standard InChI is InChI=1S/C24H28ClN5O4/c1-16(22-27-21-15-18(25)10-11-20(21)24(32)28(22)2)29(13-6-4-3-5-12-26)23(31)17-8-7-9-19(14-17)30(33)34/h7-11,14-16H,3-6,12-13,26H2,1-2H3. The smallest absolute Gasteiger partial charge is 0.270 e. The van der Waals surface area contributed by atoms with E-state index in [2.05, 4.69) is 4.98 Å². The summed E-state index contributed by atoms with van der Waals surface area (Å²) in [6.07, 6.45) is 3.44. The molecular weight excluding hydrogens is 458 g/mol. The molecule has 0 fully saturated rings. The fourth-order valence-electron chi connectivity index (χ4n) is 3.94. The molecule has 0 saturated carbocycles. The first-order chi connectivity index (χ1) is 16.2. The molecule has 3 aromatic rings. The molecule has 10 heteroatoms. The Morgan fingerprint density at radius 2 is 1.94 bits per heavy atom. The van der Waals surface area contributed by atoms with E-state index in [1.165, 1.54) is 22.8 Å². The van der Waals surface area contributed by atoms with E-state index in [0.717, 1.165) is 25.7 Å². The summed E-state index contributed by atoms with van der Waals surface area (Å²) < 4.78 is 1.43. The van der Waals surface area contributed by atoms with Gasteiger partial charge in [-0.3, -0.25) is 24.3 Å². The number of carbonyl (C=O) groups is 1. The number of fused-ring (bicyclic) bond motifs is 1. The van der Waals surface area contributed by atoms with Crippen LogP contribution in [0.5, 0.6) is 0 Å². The van der Waals surface area contributed by atoms with Gasteiger partial charge in [-0.05, 0) is 50.6 Å². The predicted molar refractivity (Wildman–Crippen MR) is 132 cm³/mol. The number of nitro benzene ring substituents is 1. The van der Waals surface area contributed by atoms with E-state index in [1.807, 2.05) is 0 Å². The summed E-state index contributed by atoms with van der Waals surface area (Å²) in [6.45, 7) is 2.81. The van der Waals surface area contributed by atoms with Crippen LogP contribution in [-0.4, -0.2) is 38.4 Å². The average Bonchev–Trinajstić information content (AvgIpc) is 2.82. The molecule has 0 radical (unpaired) electrons. The van der Waals surface area contributed by atoms with Crippen molar-refractivity contribution in [2.24, 2.45) is 12.8 Å². The van der Waals surface area contributed by atoms with Crippen LogP contribution in [0.3, 0.4) is 0 Å². The minimum absolute atomic E-state index is 0.160. The van der Waals surface area contributed by atoms with Gasteiger partial charge in [0.05, 0.1) is 21.9 Å². The van der Waals surface area contributed by atoms with Gasteiger partial charge in [0.15, 0.2) is 0 Å². The molecule has 1 unspecified atom stereocenters. The van der Waals surface area contributed by atoms with Crippen LogP contribution in [0.25, 0.3) is 10.9 Å². The molecule has 0 spiro atoms. The molecule has 180 valence electrons. The molecule has 34 heavy (non-hydrogen) atoms. The van der Waals surface area contributed by atoms with E-state index in [0.29, 0.717) is 34.8 Å². The number of nitrogens with two attached hydrogens (primary N) is 1. The first kappa shape index (κ1) is 25.3. The Balaban J connectivity index is 2.01. The van der Waals surface area contributed by atoms with Gasteiger partial charge in [-0.15, -0.1) is 0 Å². The van der Waals surface area contributed by atoms with Crippen molar-refractivity contribution in [1.82, 2.24) is 14.5 Å². The SMILES string of the molecule is CC(c1nc2cc(Cl)ccc2c(=O)n1C)N(CCCCCCN)C(=O)c1cccc([N+](=O)[O-])c1. The van der Waals surface area contributed by atoms with Crippen molar-refractivity contribution in [2.45, 2.75) is 38.6 Å². The number of rotatable bonds is 10. The van der Waals surface area contributed by atoms with Crippen LogP contribution in [-0.2, 0) is 7.05 Å². The lowest BCUT2D eigenvalue weighted by Crippen LogP contribution is -2.38. The second-order valence-corrected chi connectivity index (χ2v) is 8.62. The number of nitrogens with zero attached hydrogens (tertiary/aromatic N) is 4. The minimum Gasteiger partial charge on any atom is -0.330 e. The lowest BCUT2D eigenvalue weighted by Gasteiger charge is -2.30. The van der Waals surface area contributed by atoms with Crippen molar-refractivity contribution >= 4 is 34.1 Å². The second kappa shape index (κ2) is 11.2. The molecule has 9 nitrogen and oxygen atoms in total. The van der Waals surface area contributed by atoms with E-state index in [1.54, 1.807) is 43.1 Å². The number of nitro groups is 1. The van der Waals surface area contributed by atoms with Crippen molar-refractivity contribution in [2.75, 3.05) is 13.1 Å². The minimum atomic E-state index is -0.567. The van der Waals surface area contributed by atoms with Crippen LogP contribution in [0.2, 0.25) is 5.02 Å². The number of carbonyl (C=O) groups excluding carboxylic acids is 1. The van der Waals surface area contributed by atoms with Gasteiger partial charge in [-0.2, -0.15) is 0 Å². The highest BCUT2D eigenvalue weighted by Gasteiger charge is 2.27. The Bertz CT molecular complexity index is 1260. The zero-order valence-electron chi connectivity index (χ0n) is 19.2. The Morgan fingerprint density at radius 1 is 1.21 bits per heavy atom. The molecule has 0 saturated heterocycles. The third-order valence-electron chi connectivity index (χ3n) is 5.83. The van der Waals surface area contributed by atoms with Crippen molar-refractivity contribution in [1.29, 1.82) is 0 Å². The molecule has 1 amide bonds. The van der Waals surface area contributed by atoms with E-state index in [9.17, 15) is 19.7 Å². The number of aromatic nitrogens is 2. The highest BCUT2D eigenvalue weighted by molar-refractivity contribution is 6.31. The molecule has 3 rings (SSSR count). The summed E-state index contributed by atoms with van der Waals surface area (Å²) in [5, 5.41) is 12.1. The quantitative estimate of drug-likeness (QED) is 0.260. The summed E-state index contributed by atoms with van der Waals surface area (Å²) in [5.74, 6) is 0.0379. The fraction of sp³-hybridized carbons (Fsp3) is 0.375. The summed E-state index contributed by atoms with van der Waals surface area (Å²) >= 11 is 6.11. The maximum atomic E-state index is 13.5. The molecule has 2 N–H and O–H groups in total. The number of benzene rings is 2. The largest absolute Gasteiger partial charge is 0.330 e. The van der Waals surface area contributed by atoms with E-state index in [-0.39, 0.29) is 22.7 Å². The van der Waals surface area contributed by atoms with Crippen molar-refractivity contribution in [3.8, 4) is 0 Å². The summed E-state index contributed by atoms with van der Waals surface area (Å²) in [4.78, 5) is 43.4. The molecule has 1 aromatic heterocycles. The van der Waals surface area contributed by atoms with Crippen molar-refractivity contribution in [3.63, 3.8) is 0 Å². The Hall–Kier alpha value is -3.30. The summed E-state index contributed by atoms with van der Waals surface area (Å²) in [5.41, 5.74) is 5.83. The van der Waals surface area contributed by atoms with E-state index < -0.39 is 11.0 Å². The lowest BCUT2D eigenvalue weighted by atomic mass is 10.1. The molecule has 0 aliphatic heterocycles. The second-order valence-electron chi connectivity index (χ2n) is 8.18. The molecule has 1 atom stereocenters. The van der Waals surface area contributed by atoms with Crippen LogP contribution in [0.4, 0.5) is 5.69 Å². The number of hydrogen-bond acceptors (Lipinski definition) is 6. The van der Waals surface area contributed by atoms with Gasteiger partial charge in [0.1, 0.15) is 5.82 Å². The topological polar surface area (TPSA) is 124 Å². The van der Waals surface area contributed by atoms with Crippen LogP contribution >= 0.6 is 11.6 Å². The zero-order valence-corrected chi connectivity index (χ0v) is 20.0.